The zero-order chi connectivity index (χ0) is 19.4. The quantitative estimate of drug-likeness (QED) is 0.527. The van der Waals surface area contributed by atoms with Crippen LogP contribution in [-0.4, -0.2) is 23.6 Å². The second kappa shape index (κ2) is 7.84. The van der Waals surface area contributed by atoms with Crippen molar-refractivity contribution in [2.45, 2.75) is 12.6 Å². The number of carbonyl (C=O) groups is 1. The van der Waals surface area contributed by atoms with E-state index in [1.807, 2.05) is 0 Å². The predicted octanol–water partition coefficient (Wildman–Crippen LogP) is 5.36. The summed E-state index contributed by atoms with van der Waals surface area (Å²) in [6.45, 7) is -1.46. The molecule has 3 rings (SSSR count). The van der Waals surface area contributed by atoms with Crippen LogP contribution < -0.4 is 4.74 Å². The number of benzene rings is 1. The summed E-state index contributed by atoms with van der Waals surface area (Å²) in [5.74, 6) is -0.370. The molecule has 0 spiro atoms. The van der Waals surface area contributed by atoms with Crippen molar-refractivity contribution in [2.75, 3.05) is 6.61 Å². The van der Waals surface area contributed by atoms with Gasteiger partial charge < -0.3 is 9.15 Å². The first-order chi connectivity index (χ1) is 12.8. The molecule has 140 valence electrons. The van der Waals surface area contributed by atoms with Crippen molar-refractivity contribution < 1.29 is 27.1 Å². The van der Waals surface area contributed by atoms with E-state index in [0.717, 1.165) is 0 Å². The van der Waals surface area contributed by atoms with Crippen LogP contribution in [0, 0.1) is 0 Å². The van der Waals surface area contributed by atoms with Gasteiger partial charge in [-0.15, -0.1) is 0 Å². The van der Waals surface area contributed by atoms with Crippen LogP contribution in [0.3, 0.4) is 0 Å². The number of nitrogens with zero attached hydrogens (tertiary/aromatic N) is 1. The molecule has 0 saturated carbocycles. The molecule has 0 fully saturated rings. The molecule has 0 N–H and O–H groups in total. The molecule has 2 heterocycles. The molecule has 0 unspecified atom stereocenters. The standard InChI is InChI=1S/C19H13ClF3NO3/c20-15-3-1-13(2-4-15)16-7-12(8-17(25)14-5-6-26-10-14)9-24-18(16)27-11-19(21,22)23/h1-7,9-10H,8,11H2. The summed E-state index contributed by atoms with van der Waals surface area (Å²) in [6.07, 6.45) is -0.431. The van der Waals surface area contributed by atoms with Crippen molar-refractivity contribution in [1.29, 1.82) is 0 Å². The molecule has 27 heavy (non-hydrogen) atoms. The lowest BCUT2D eigenvalue weighted by Gasteiger charge is -2.13. The highest BCUT2D eigenvalue weighted by Gasteiger charge is 2.29. The van der Waals surface area contributed by atoms with Gasteiger partial charge in [0.25, 0.3) is 0 Å². The molecule has 8 heteroatoms. The second-order valence-electron chi connectivity index (χ2n) is 5.72. The smallest absolute Gasteiger partial charge is 0.422 e. The number of rotatable bonds is 6. The number of ketones is 1. The Morgan fingerprint density at radius 1 is 1.19 bits per heavy atom. The molecule has 0 amide bonds. The van der Waals surface area contributed by atoms with Crippen molar-refractivity contribution in [3.63, 3.8) is 0 Å². The van der Waals surface area contributed by atoms with Gasteiger partial charge in [-0.25, -0.2) is 4.98 Å². The van der Waals surface area contributed by atoms with Gasteiger partial charge in [-0.2, -0.15) is 13.2 Å². The summed E-state index contributed by atoms with van der Waals surface area (Å²) in [6, 6.07) is 9.61. The van der Waals surface area contributed by atoms with Gasteiger partial charge in [-0.05, 0) is 35.4 Å². The van der Waals surface area contributed by atoms with Crippen LogP contribution in [0.25, 0.3) is 11.1 Å². The van der Waals surface area contributed by atoms with Gasteiger partial charge in [0.05, 0.1) is 11.8 Å². The molecule has 2 aromatic heterocycles. The van der Waals surface area contributed by atoms with Crippen molar-refractivity contribution >= 4 is 17.4 Å². The van der Waals surface area contributed by atoms with Gasteiger partial charge in [0.15, 0.2) is 12.4 Å². The van der Waals surface area contributed by atoms with Crippen LogP contribution in [0.5, 0.6) is 5.88 Å². The Balaban J connectivity index is 1.92. The number of pyridine rings is 1. The molecule has 0 bridgehead atoms. The Kier molecular flexibility index (Phi) is 5.51. The van der Waals surface area contributed by atoms with Crippen molar-refractivity contribution in [2.24, 2.45) is 0 Å². The highest BCUT2D eigenvalue weighted by atomic mass is 35.5. The molecule has 1 aromatic carbocycles. The lowest BCUT2D eigenvalue weighted by Crippen LogP contribution is -2.20. The zero-order valence-electron chi connectivity index (χ0n) is 13.8. The summed E-state index contributed by atoms with van der Waals surface area (Å²) >= 11 is 5.87. The Morgan fingerprint density at radius 2 is 1.93 bits per heavy atom. The zero-order valence-corrected chi connectivity index (χ0v) is 14.6. The molecular weight excluding hydrogens is 383 g/mol. The van der Waals surface area contributed by atoms with Crippen LogP contribution in [0.2, 0.25) is 5.02 Å². The Hall–Kier alpha value is -2.80. The summed E-state index contributed by atoms with van der Waals surface area (Å²) in [5, 5.41) is 0.482. The van der Waals surface area contributed by atoms with Gasteiger partial charge in [0, 0.05) is 23.2 Å². The normalized spacial score (nSPS) is 11.4. The molecule has 0 atom stereocenters. The fourth-order valence-corrected chi connectivity index (χ4v) is 2.53. The molecular formula is C19H13ClF3NO3. The number of furan rings is 1. The Bertz CT molecular complexity index is 922. The lowest BCUT2D eigenvalue weighted by molar-refractivity contribution is -0.154. The number of Topliss-reactive ketones (excluding diaryl/α,β-unsaturated/α-hetero) is 1. The van der Waals surface area contributed by atoms with Gasteiger partial charge in [-0.3, -0.25) is 4.79 Å². The number of aromatic nitrogens is 1. The molecule has 4 nitrogen and oxygen atoms in total. The number of halogens is 4. The minimum absolute atomic E-state index is 0.0205. The van der Waals surface area contributed by atoms with Gasteiger partial charge in [-0.1, -0.05) is 23.7 Å². The maximum Gasteiger partial charge on any atom is 0.422 e. The van der Waals surface area contributed by atoms with Crippen molar-refractivity contribution in [3.8, 4) is 17.0 Å². The summed E-state index contributed by atoms with van der Waals surface area (Å²) in [5.41, 5.74) is 1.85. The van der Waals surface area contributed by atoms with E-state index >= 15 is 0 Å². The number of carbonyl (C=O) groups excluding carboxylic acids is 1. The van der Waals surface area contributed by atoms with Crippen molar-refractivity contribution in [1.82, 2.24) is 4.98 Å². The minimum Gasteiger partial charge on any atom is -0.472 e. The van der Waals surface area contributed by atoms with E-state index in [-0.39, 0.29) is 18.1 Å². The fourth-order valence-electron chi connectivity index (χ4n) is 2.40. The SMILES string of the molecule is O=C(Cc1cnc(OCC(F)(F)F)c(-c2ccc(Cl)cc2)c1)c1ccoc1. The van der Waals surface area contributed by atoms with Crippen LogP contribution in [0.15, 0.2) is 59.5 Å². The fraction of sp³-hybridized carbons (Fsp3) is 0.158. The molecule has 3 aromatic rings. The largest absolute Gasteiger partial charge is 0.472 e. The van der Waals surface area contributed by atoms with E-state index in [1.165, 1.54) is 24.8 Å². The van der Waals surface area contributed by atoms with E-state index in [4.69, 9.17) is 20.8 Å². The lowest BCUT2D eigenvalue weighted by atomic mass is 10.0. The number of ether oxygens (including phenoxy) is 1. The maximum atomic E-state index is 12.5. The first-order valence-electron chi connectivity index (χ1n) is 7.81. The predicted molar refractivity (Wildman–Crippen MR) is 93.0 cm³/mol. The average Bonchev–Trinajstić information content (AvgIpc) is 3.15. The minimum atomic E-state index is -4.49. The summed E-state index contributed by atoms with van der Waals surface area (Å²) in [7, 11) is 0. The second-order valence-corrected chi connectivity index (χ2v) is 6.16. The van der Waals surface area contributed by atoms with E-state index in [9.17, 15) is 18.0 Å². The van der Waals surface area contributed by atoms with Crippen LogP contribution >= 0.6 is 11.6 Å². The average molecular weight is 396 g/mol. The molecule has 0 radical (unpaired) electrons. The highest BCUT2D eigenvalue weighted by Crippen LogP contribution is 2.31. The molecule has 0 saturated heterocycles. The number of hydrogen-bond donors (Lipinski definition) is 0. The highest BCUT2D eigenvalue weighted by molar-refractivity contribution is 6.30. The van der Waals surface area contributed by atoms with E-state index in [2.05, 4.69) is 4.98 Å². The maximum absolute atomic E-state index is 12.5. The monoisotopic (exact) mass is 395 g/mol. The van der Waals surface area contributed by atoms with Crippen LogP contribution in [0.4, 0.5) is 13.2 Å². The van der Waals surface area contributed by atoms with E-state index in [1.54, 1.807) is 30.3 Å². The summed E-state index contributed by atoms with van der Waals surface area (Å²) < 4.78 is 47.3. The Labute approximate surface area is 157 Å². The molecule has 0 aliphatic rings. The van der Waals surface area contributed by atoms with E-state index in [0.29, 0.717) is 27.3 Å². The number of hydrogen-bond acceptors (Lipinski definition) is 4. The molecule has 0 aliphatic carbocycles. The molecule has 0 aliphatic heterocycles. The first kappa shape index (κ1) is 19.0. The van der Waals surface area contributed by atoms with Crippen molar-refractivity contribution in [3.05, 3.63) is 71.3 Å². The van der Waals surface area contributed by atoms with Gasteiger partial charge >= 0.3 is 6.18 Å². The topological polar surface area (TPSA) is 52.3 Å². The third kappa shape index (κ3) is 5.10. The third-order valence-corrected chi connectivity index (χ3v) is 3.90. The first-order valence-corrected chi connectivity index (χ1v) is 8.19. The van der Waals surface area contributed by atoms with Gasteiger partial charge in [0.1, 0.15) is 6.26 Å². The Morgan fingerprint density at radius 3 is 2.56 bits per heavy atom. The van der Waals surface area contributed by atoms with Crippen LogP contribution in [0.1, 0.15) is 15.9 Å². The van der Waals surface area contributed by atoms with Crippen LogP contribution in [-0.2, 0) is 6.42 Å². The third-order valence-electron chi connectivity index (χ3n) is 3.64. The van der Waals surface area contributed by atoms with Gasteiger partial charge in [0.2, 0.25) is 5.88 Å². The summed E-state index contributed by atoms with van der Waals surface area (Å²) in [4.78, 5) is 16.2. The number of alkyl halides is 3. The van der Waals surface area contributed by atoms with E-state index < -0.39 is 12.8 Å².